The maximum Gasteiger partial charge on any atom is 0.215 e. The highest BCUT2D eigenvalue weighted by molar-refractivity contribution is 7.16. The van der Waals surface area contributed by atoms with Gasteiger partial charge in [0.1, 0.15) is 5.69 Å². The van der Waals surface area contributed by atoms with Gasteiger partial charge in [0, 0.05) is 34.3 Å². The number of allylic oxidation sites excluding steroid dienone is 1. The first kappa shape index (κ1) is 24.4. The number of hydrogen-bond acceptors (Lipinski definition) is 6. The normalized spacial score (nSPS) is 16.0. The molecule has 0 amide bonds. The highest BCUT2D eigenvalue weighted by atomic mass is 32.1. The molecule has 3 aromatic heterocycles. The number of hydrogen-bond donors (Lipinski definition) is 0. The van der Waals surface area contributed by atoms with Crippen LogP contribution in [0.5, 0.6) is 0 Å². The van der Waals surface area contributed by atoms with E-state index in [2.05, 4.69) is 60.1 Å². The Kier molecular flexibility index (Phi) is 5.61. The first-order chi connectivity index (χ1) is 19.4. The molecule has 0 N–H and O–H groups in total. The Bertz CT molecular complexity index is 1800. The number of ketones is 2. The summed E-state index contributed by atoms with van der Waals surface area (Å²) in [6, 6.07) is 28.5. The van der Waals surface area contributed by atoms with Crippen molar-refractivity contribution in [2.75, 3.05) is 4.90 Å². The van der Waals surface area contributed by atoms with E-state index in [-0.39, 0.29) is 29.0 Å². The van der Waals surface area contributed by atoms with Crippen LogP contribution in [0, 0.1) is 0 Å². The predicted octanol–water partition coefficient (Wildman–Crippen LogP) is 7.71. The molecule has 6 heteroatoms. The summed E-state index contributed by atoms with van der Waals surface area (Å²) >= 11 is 1.58. The topological polar surface area (TPSA) is 63.2 Å². The zero-order valence-corrected chi connectivity index (χ0v) is 22.9. The van der Waals surface area contributed by atoms with Crippen molar-refractivity contribution in [1.29, 1.82) is 0 Å². The van der Waals surface area contributed by atoms with Crippen LogP contribution in [0.2, 0.25) is 0 Å². The van der Waals surface area contributed by atoms with E-state index in [0.717, 1.165) is 43.6 Å². The maximum atomic E-state index is 13.1. The summed E-state index contributed by atoms with van der Waals surface area (Å²) in [5.41, 5.74) is 7.36. The third-order valence-corrected chi connectivity index (χ3v) is 8.85. The Morgan fingerprint density at radius 1 is 0.800 bits per heavy atom. The Hall–Kier alpha value is -4.68. The van der Waals surface area contributed by atoms with Crippen LogP contribution >= 0.6 is 11.3 Å². The van der Waals surface area contributed by atoms with Gasteiger partial charge in [-0.05, 0) is 65.2 Å². The average molecular weight is 540 g/mol. The van der Waals surface area contributed by atoms with E-state index in [0.29, 0.717) is 11.3 Å². The Morgan fingerprint density at radius 2 is 1.50 bits per heavy atom. The van der Waals surface area contributed by atoms with E-state index in [9.17, 15) is 9.59 Å². The fourth-order valence-corrected chi connectivity index (χ4v) is 6.97. The number of para-hydroxylation sites is 2. The third kappa shape index (κ3) is 3.83. The molecule has 0 bridgehead atoms. The van der Waals surface area contributed by atoms with E-state index in [1.165, 1.54) is 0 Å². The summed E-state index contributed by atoms with van der Waals surface area (Å²) in [6.07, 6.45) is 5.46. The first-order valence-corrected chi connectivity index (χ1v) is 14.0. The van der Waals surface area contributed by atoms with Crippen molar-refractivity contribution in [3.63, 3.8) is 0 Å². The lowest BCUT2D eigenvalue weighted by Crippen LogP contribution is -2.24. The molecule has 2 aliphatic carbocycles. The quantitative estimate of drug-likeness (QED) is 0.173. The van der Waals surface area contributed by atoms with E-state index < -0.39 is 0 Å². The summed E-state index contributed by atoms with van der Waals surface area (Å²) in [5, 5.41) is 0. The molecule has 0 saturated heterocycles. The number of pyridine rings is 2. The zero-order valence-electron chi connectivity index (χ0n) is 22.1. The van der Waals surface area contributed by atoms with Crippen molar-refractivity contribution in [3.8, 4) is 10.6 Å². The van der Waals surface area contributed by atoms with E-state index in [1.807, 2.05) is 42.6 Å². The molecular formula is C34H25N3O2S. The molecule has 40 heavy (non-hydrogen) atoms. The van der Waals surface area contributed by atoms with Crippen LogP contribution in [-0.4, -0.2) is 21.5 Å². The lowest BCUT2D eigenvalue weighted by Gasteiger charge is -2.27. The number of Topliss-reactive ketones (excluding diaryl/α,β-unsaturated/α-hetero) is 2. The molecule has 0 radical (unpaired) electrons. The minimum atomic E-state index is -0.301. The predicted molar refractivity (Wildman–Crippen MR) is 160 cm³/mol. The molecule has 5 aromatic rings. The highest BCUT2D eigenvalue weighted by Gasteiger charge is 2.39. The molecule has 0 atom stereocenters. The molecule has 7 rings (SSSR count). The number of carbonyl (C=O) groups is 2. The second-order valence-corrected chi connectivity index (χ2v) is 11.7. The van der Waals surface area contributed by atoms with Crippen LogP contribution in [0.1, 0.15) is 45.9 Å². The third-order valence-electron chi connectivity index (χ3n) is 7.76. The fourth-order valence-electron chi connectivity index (χ4n) is 5.70. The molecule has 5 nitrogen and oxygen atoms in total. The molecule has 0 fully saturated rings. The number of benzene rings is 2. The zero-order chi connectivity index (χ0) is 27.4. The van der Waals surface area contributed by atoms with Gasteiger partial charge in [-0.1, -0.05) is 56.3 Å². The Balaban J connectivity index is 1.29. The Morgan fingerprint density at radius 3 is 2.20 bits per heavy atom. The number of thiophene rings is 1. The lowest BCUT2D eigenvalue weighted by atomic mass is 9.83. The number of rotatable bonds is 4. The van der Waals surface area contributed by atoms with Crippen LogP contribution in [0.25, 0.3) is 16.6 Å². The summed E-state index contributed by atoms with van der Waals surface area (Å²) in [7, 11) is 0. The average Bonchev–Trinajstić information content (AvgIpc) is 3.49. The monoisotopic (exact) mass is 539 g/mol. The second kappa shape index (κ2) is 9.21. The van der Waals surface area contributed by atoms with Gasteiger partial charge in [0.15, 0.2) is 5.78 Å². The number of carbonyl (C=O) groups excluding carboxylic acids is 2. The van der Waals surface area contributed by atoms with Crippen LogP contribution in [-0.2, 0) is 16.6 Å². The van der Waals surface area contributed by atoms with Gasteiger partial charge in [0.2, 0.25) is 5.78 Å². The number of aromatic nitrogens is 2. The van der Waals surface area contributed by atoms with E-state index in [4.69, 9.17) is 4.98 Å². The van der Waals surface area contributed by atoms with Crippen molar-refractivity contribution < 1.29 is 9.59 Å². The minimum Gasteiger partial charge on any atom is -0.309 e. The van der Waals surface area contributed by atoms with Crippen LogP contribution in [0.15, 0.2) is 103 Å². The van der Waals surface area contributed by atoms with E-state index >= 15 is 0 Å². The summed E-state index contributed by atoms with van der Waals surface area (Å²) in [6.45, 7) is 4.42. The van der Waals surface area contributed by atoms with Crippen molar-refractivity contribution in [2.45, 2.75) is 25.7 Å². The lowest BCUT2D eigenvalue weighted by molar-refractivity contribution is -0.114. The maximum absolute atomic E-state index is 13.1. The van der Waals surface area contributed by atoms with Crippen molar-refractivity contribution in [3.05, 3.63) is 130 Å². The molecule has 2 aromatic carbocycles. The number of fused-ring (bicyclic) bond motifs is 4. The van der Waals surface area contributed by atoms with Gasteiger partial charge in [-0.2, -0.15) is 0 Å². The first-order valence-electron chi connectivity index (χ1n) is 13.2. The summed E-state index contributed by atoms with van der Waals surface area (Å²) in [5.74, 6) is -0.465. The SMILES string of the molecule is CC1(C)c2cc(N(c3ccccc3)c3ccccc3)cnc2-c2sc(/C=C3\C(=O)Cc4cccnc4C3=O)cc21. The number of nitrogens with zero attached hydrogens (tertiary/aromatic N) is 3. The minimum absolute atomic E-state index is 0.164. The molecule has 0 saturated carbocycles. The Labute approximate surface area is 236 Å². The summed E-state index contributed by atoms with van der Waals surface area (Å²) in [4.78, 5) is 39.4. The summed E-state index contributed by atoms with van der Waals surface area (Å²) < 4.78 is 0. The second-order valence-electron chi connectivity index (χ2n) is 10.6. The van der Waals surface area contributed by atoms with Gasteiger partial charge in [0.05, 0.1) is 28.0 Å². The molecule has 194 valence electrons. The number of anilines is 3. The molecular weight excluding hydrogens is 514 g/mol. The molecule has 3 heterocycles. The standard InChI is InChI=1S/C34H25N3O2S/c1-34(2)27-17-24(37(22-11-5-3-6-12-22)23-13-7-4-8-14-23)20-36-31(27)33-28(34)19-25(40-33)18-26-29(38)16-21-10-9-15-35-30(21)32(26)39/h3-15,17-20H,16H2,1-2H3/b26-18+. The highest BCUT2D eigenvalue weighted by Crippen LogP contribution is 2.53. The molecule has 0 unspecified atom stereocenters. The largest absolute Gasteiger partial charge is 0.309 e. The van der Waals surface area contributed by atoms with Gasteiger partial charge >= 0.3 is 0 Å². The van der Waals surface area contributed by atoms with E-state index in [1.54, 1.807) is 35.7 Å². The fraction of sp³-hybridized carbons (Fsp3) is 0.118. The van der Waals surface area contributed by atoms with Crippen LogP contribution in [0.4, 0.5) is 17.1 Å². The van der Waals surface area contributed by atoms with Gasteiger partial charge in [-0.3, -0.25) is 19.6 Å². The molecule has 0 spiro atoms. The van der Waals surface area contributed by atoms with Crippen molar-refractivity contribution in [1.82, 2.24) is 9.97 Å². The van der Waals surface area contributed by atoms with Gasteiger partial charge in [-0.15, -0.1) is 11.3 Å². The van der Waals surface area contributed by atoms with Gasteiger partial charge in [-0.25, -0.2) is 0 Å². The van der Waals surface area contributed by atoms with Crippen LogP contribution in [0.3, 0.4) is 0 Å². The molecule has 0 aliphatic heterocycles. The van der Waals surface area contributed by atoms with Gasteiger partial charge in [0.25, 0.3) is 0 Å². The van der Waals surface area contributed by atoms with Crippen molar-refractivity contribution >= 4 is 46.0 Å². The smallest absolute Gasteiger partial charge is 0.215 e. The van der Waals surface area contributed by atoms with Gasteiger partial charge < -0.3 is 4.90 Å². The van der Waals surface area contributed by atoms with Crippen molar-refractivity contribution in [2.24, 2.45) is 0 Å². The van der Waals surface area contributed by atoms with Crippen LogP contribution < -0.4 is 4.90 Å². The molecule has 2 aliphatic rings.